The molecule has 122 heavy (non-hydrogen) atoms. The zero-order valence-electron chi connectivity index (χ0n) is 66.1. The lowest BCUT2D eigenvalue weighted by Crippen LogP contribution is -2.10. The van der Waals surface area contributed by atoms with Gasteiger partial charge < -0.3 is 27.8 Å². The molecule has 0 unspecified atom stereocenters. The average Bonchev–Trinajstić information content (AvgIpc) is 1.46. The number of nitrogens with zero attached hydrogens (tertiary/aromatic N) is 6. The van der Waals surface area contributed by atoms with Crippen LogP contribution in [0.3, 0.4) is 0 Å². The standard InChI is InChI=1S/C114H72N6O2/c1-5-26-79(27-6-1)113-116-111-107(121-113)69-68-101-96(67-66-95(109(101)111)78-52-60-87(61-53-78)118(85-56-48-76(49-57-85)93-42-22-31-74-25-14-16-38-91(74)93)89-63-65-100-98-40-18-20-45-104(98)120(106(100)72-89)83-35-11-4-12-36-83)102-70-81-32-23-43-94(108(81)112-110(102)115-114(122-112)80-28-7-2-8-29-80)77-50-58-86(59-51-77)117(84-54-46-75(47-55-84)92-41-21-30-73-24-13-15-37-90(73)92)88-62-64-99-97-39-17-19-44-103(97)119(105(99)71-88)82-33-9-3-10-34-82/h1-72H. The van der Waals surface area contributed by atoms with E-state index in [9.17, 15) is 0 Å². The summed E-state index contributed by atoms with van der Waals surface area (Å²) in [6.45, 7) is 0. The van der Waals surface area contributed by atoms with Crippen molar-refractivity contribution in [1.82, 2.24) is 19.1 Å². The number of fused-ring (bicyclic) bond motifs is 14. The first-order valence-corrected chi connectivity index (χ1v) is 41.5. The van der Waals surface area contributed by atoms with Gasteiger partial charge in [-0.3, -0.25) is 0 Å². The van der Waals surface area contributed by atoms with Crippen LogP contribution in [0, 0.1) is 0 Å². The molecule has 570 valence electrons. The van der Waals surface area contributed by atoms with Gasteiger partial charge in [-0.15, -0.1) is 0 Å². The van der Waals surface area contributed by atoms with Crippen molar-refractivity contribution in [2.45, 2.75) is 0 Å². The molecule has 4 aromatic heterocycles. The molecule has 24 rings (SSSR count). The Morgan fingerprint density at radius 1 is 0.205 bits per heavy atom. The first-order chi connectivity index (χ1) is 60.5. The molecule has 4 heterocycles. The molecule has 24 aromatic rings. The van der Waals surface area contributed by atoms with Crippen LogP contribution in [0.2, 0.25) is 0 Å². The minimum Gasteiger partial charge on any atom is -0.436 e. The van der Waals surface area contributed by atoms with Crippen LogP contribution in [0.1, 0.15) is 0 Å². The van der Waals surface area contributed by atoms with E-state index in [1.54, 1.807) is 0 Å². The Balaban J connectivity index is 0.651. The predicted molar refractivity (Wildman–Crippen MR) is 508 cm³/mol. The number of hydrogen-bond donors (Lipinski definition) is 0. The summed E-state index contributed by atoms with van der Waals surface area (Å²) in [5.74, 6) is 1.08. The van der Waals surface area contributed by atoms with E-state index in [0.717, 1.165) is 156 Å². The van der Waals surface area contributed by atoms with Crippen molar-refractivity contribution in [3.8, 4) is 89.9 Å². The highest BCUT2D eigenvalue weighted by Gasteiger charge is 2.27. The number of anilines is 6. The third-order valence-corrected chi connectivity index (χ3v) is 24.6. The molecule has 0 atom stereocenters. The van der Waals surface area contributed by atoms with Crippen molar-refractivity contribution >= 4 is 143 Å². The Labute approximate surface area is 702 Å². The maximum Gasteiger partial charge on any atom is 0.227 e. The highest BCUT2D eigenvalue weighted by molar-refractivity contribution is 6.22. The first-order valence-electron chi connectivity index (χ1n) is 41.5. The number of rotatable bonds is 15. The second kappa shape index (κ2) is 28.7. The number of hydrogen-bond acceptors (Lipinski definition) is 6. The summed E-state index contributed by atoms with van der Waals surface area (Å²) >= 11 is 0. The van der Waals surface area contributed by atoms with Gasteiger partial charge in [0.25, 0.3) is 0 Å². The first kappa shape index (κ1) is 69.8. The molecule has 0 aliphatic rings. The summed E-state index contributed by atoms with van der Waals surface area (Å²) in [6, 6.07) is 157. The van der Waals surface area contributed by atoms with Gasteiger partial charge >= 0.3 is 0 Å². The van der Waals surface area contributed by atoms with Gasteiger partial charge in [0.05, 0.1) is 22.1 Å². The van der Waals surface area contributed by atoms with E-state index in [-0.39, 0.29) is 0 Å². The molecular weight excluding hydrogens is 1490 g/mol. The second-order valence-corrected chi connectivity index (χ2v) is 31.5. The Morgan fingerprint density at radius 3 is 1.06 bits per heavy atom. The van der Waals surface area contributed by atoms with E-state index in [2.05, 4.69) is 419 Å². The smallest absolute Gasteiger partial charge is 0.227 e. The highest BCUT2D eigenvalue weighted by Crippen LogP contribution is 2.50. The second-order valence-electron chi connectivity index (χ2n) is 31.5. The summed E-state index contributed by atoms with van der Waals surface area (Å²) < 4.78 is 18.9. The van der Waals surface area contributed by atoms with E-state index in [0.29, 0.717) is 22.9 Å². The van der Waals surface area contributed by atoms with Gasteiger partial charge in [0.1, 0.15) is 11.0 Å². The van der Waals surface area contributed by atoms with Gasteiger partial charge in [-0.05, 0) is 234 Å². The Hall–Kier alpha value is -16.4. The van der Waals surface area contributed by atoms with Gasteiger partial charge in [0, 0.05) is 94.5 Å². The minimum atomic E-state index is 0.533. The number of para-hydroxylation sites is 4. The van der Waals surface area contributed by atoms with Crippen LogP contribution < -0.4 is 9.80 Å². The zero-order valence-corrected chi connectivity index (χ0v) is 66.1. The van der Waals surface area contributed by atoms with Gasteiger partial charge in [0.15, 0.2) is 11.2 Å². The molecule has 0 saturated heterocycles. The fourth-order valence-corrected chi connectivity index (χ4v) is 18.9. The van der Waals surface area contributed by atoms with Crippen LogP contribution >= 0.6 is 0 Å². The Kier molecular flexibility index (Phi) is 16.5. The van der Waals surface area contributed by atoms with Gasteiger partial charge in [-0.2, -0.15) is 0 Å². The van der Waals surface area contributed by atoms with Gasteiger partial charge in [0.2, 0.25) is 11.8 Å². The lowest BCUT2D eigenvalue weighted by molar-refractivity contribution is 0.620. The summed E-state index contributed by atoms with van der Waals surface area (Å²) in [6.07, 6.45) is 0. The molecule has 8 nitrogen and oxygen atoms in total. The zero-order chi connectivity index (χ0) is 80.3. The van der Waals surface area contributed by atoms with Crippen molar-refractivity contribution in [1.29, 1.82) is 0 Å². The highest BCUT2D eigenvalue weighted by atomic mass is 16.4. The van der Waals surface area contributed by atoms with Crippen molar-refractivity contribution in [3.63, 3.8) is 0 Å². The van der Waals surface area contributed by atoms with Gasteiger partial charge in [-0.25, -0.2) is 9.97 Å². The third-order valence-electron chi connectivity index (χ3n) is 24.6. The van der Waals surface area contributed by atoms with Crippen LogP contribution in [-0.4, -0.2) is 19.1 Å². The molecule has 0 aliphatic carbocycles. The normalized spacial score (nSPS) is 11.8. The monoisotopic (exact) mass is 1560 g/mol. The van der Waals surface area contributed by atoms with Crippen LogP contribution in [0.25, 0.3) is 199 Å². The molecule has 0 fully saturated rings. The summed E-state index contributed by atoms with van der Waals surface area (Å²) in [5, 5.41) is 13.6. The summed E-state index contributed by atoms with van der Waals surface area (Å²) in [7, 11) is 0. The molecule has 0 radical (unpaired) electrons. The van der Waals surface area contributed by atoms with E-state index in [1.807, 2.05) is 36.4 Å². The Morgan fingerprint density at radius 2 is 0.566 bits per heavy atom. The van der Waals surface area contributed by atoms with Crippen LogP contribution in [0.15, 0.2) is 446 Å². The fourth-order valence-electron chi connectivity index (χ4n) is 18.9. The van der Waals surface area contributed by atoms with E-state index < -0.39 is 0 Å². The van der Waals surface area contributed by atoms with E-state index >= 15 is 0 Å². The van der Waals surface area contributed by atoms with Crippen molar-refractivity contribution in [2.75, 3.05) is 9.80 Å². The molecule has 20 aromatic carbocycles. The molecular formula is C114H72N6O2. The van der Waals surface area contributed by atoms with Crippen molar-refractivity contribution < 1.29 is 8.83 Å². The van der Waals surface area contributed by atoms with Crippen molar-refractivity contribution in [2.24, 2.45) is 0 Å². The van der Waals surface area contributed by atoms with E-state index in [4.69, 9.17) is 18.8 Å². The lowest BCUT2D eigenvalue weighted by Gasteiger charge is -2.26. The molecule has 0 aliphatic heterocycles. The topological polar surface area (TPSA) is 68.4 Å². The lowest BCUT2D eigenvalue weighted by atomic mass is 9.89. The molecule has 0 bridgehead atoms. The summed E-state index contributed by atoms with van der Waals surface area (Å²) in [5.41, 5.74) is 28.2. The number of oxazole rings is 2. The average molecular weight is 1560 g/mol. The predicted octanol–water partition coefficient (Wildman–Crippen LogP) is 31.4. The maximum absolute atomic E-state index is 7.30. The minimum absolute atomic E-state index is 0.533. The molecule has 0 spiro atoms. The molecule has 8 heteroatoms. The van der Waals surface area contributed by atoms with Crippen LogP contribution in [-0.2, 0) is 0 Å². The largest absolute Gasteiger partial charge is 0.436 e. The SMILES string of the molecule is c1ccc(-c2nc3c(ccc4c(-c5cc6cccc(-c7ccc(N(c8ccc(-c9cccc%10ccccc9%10)cc8)c8ccc9c%10ccccc%10n(-c%10ccccc%10)c9c8)cc7)c6c6oc(-c7ccccc7)nc56)ccc(-c5ccc(N(c6ccc(-c7cccc8ccccc78)cc6)c6ccc7c8ccccc8n(-c8ccccc8)c7c6)cc5)c43)o2)cc1. The van der Waals surface area contributed by atoms with Crippen molar-refractivity contribution in [3.05, 3.63) is 437 Å². The number of benzene rings is 20. The fraction of sp³-hybridized carbons (Fsp3) is 0. The van der Waals surface area contributed by atoms with Crippen LogP contribution in [0.5, 0.6) is 0 Å². The molecule has 0 amide bonds. The molecule has 0 N–H and O–H groups in total. The van der Waals surface area contributed by atoms with E-state index in [1.165, 1.54) is 54.2 Å². The third kappa shape index (κ3) is 11.7. The number of aromatic nitrogens is 4. The van der Waals surface area contributed by atoms with Crippen LogP contribution in [0.4, 0.5) is 34.1 Å². The Bertz CT molecular complexity index is 8210. The quantitative estimate of drug-likeness (QED) is 0.102. The van der Waals surface area contributed by atoms with Gasteiger partial charge in [-0.1, -0.05) is 285 Å². The summed E-state index contributed by atoms with van der Waals surface area (Å²) in [4.78, 5) is 15.8. The molecule has 0 saturated carbocycles. The maximum atomic E-state index is 7.30.